The number of pyridine rings is 1. The normalized spacial score (nSPS) is 19.0. The van der Waals surface area contributed by atoms with Crippen molar-refractivity contribution >= 4 is 17.4 Å². The quantitative estimate of drug-likeness (QED) is 0.766. The molecule has 0 fully saturated rings. The number of hydrogen-bond acceptors (Lipinski definition) is 6. The summed E-state index contributed by atoms with van der Waals surface area (Å²) in [4.78, 5) is 20.2. The number of nitrogens with two attached hydrogens (primary N) is 1. The molecule has 0 saturated carbocycles. The van der Waals surface area contributed by atoms with Gasteiger partial charge in [-0.25, -0.2) is 18.2 Å². The topological polar surface area (TPSA) is 98.8 Å². The summed E-state index contributed by atoms with van der Waals surface area (Å²) in [5.74, 6) is -1.17. The molecule has 1 aromatic carbocycles. The van der Waals surface area contributed by atoms with Crippen molar-refractivity contribution in [2.24, 2.45) is 10.7 Å². The maximum absolute atomic E-state index is 14.4. The van der Waals surface area contributed by atoms with E-state index in [2.05, 4.69) is 15.3 Å². The monoisotopic (exact) mass is 408 g/mol. The molecule has 29 heavy (non-hydrogen) atoms. The first kappa shape index (κ1) is 20.6. The zero-order chi connectivity index (χ0) is 21.0. The van der Waals surface area contributed by atoms with Gasteiger partial charge in [-0.3, -0.25) is 9.79 Å². The Bertz CT molecular complexity index is 921. The molecule has 1 aliphatic heterocycles. The highest BCUT2D eigenvalue weighted by Crippen LogP contribution is 2.38. The summed E-state index contributed by atoms with van der Waals surface area (Å²) in [6.07, 6.45) is -1.69. The minimum absolute atomic E-state index is 0.0752. The average molecular weight is 408 g/mol. The molecule has 1 unspecified atom stereocenters. The number of carbonyl (C=O) groups excluding carboxylic acids is 1. The third-order valence-electron chi connectivity index (χ3n) is 4.25. The molecule has 1 aliphatic rings. The minimum atomic E-state index is -3.07. The minimum Gasteiger partial charge on any atom is -0.492 e. The van der Waals surface area contributed by atoms with Crippen LogP contribution in [0, 0.1) is 5.82 Å². The highest BCUT2D eigenvalue weighted by Gasteiger charge is 2.46. The van der Waals surface area contributed by atoms with Crippen LogP contribution in [-0.2, 0) is 10.3 Å². The van der Waals surface area contributed by atoms with E-state index in [1.54, 1.807) is 6.07 Å². The van der Waals surface area contributed by atoms with Crippen LogP contribution in [0.25, 0.3) is 0 Å². The second kappa shape index (κ2) is 8.48. The van der Waals surface area contributed by atoms with Gasteiger partial charge in [-0.05, 0) is 37.3 Å². The second-order valence-electron chi connectivity index (χ2n) is 6.28. The van der Waals surface area contributed by atoms with Crippen LogP contribution in [0.4, 0.5) is 18.9 Å². The van der Waals surface area contributed by atoms with Crippen LogP contribution in [-0.4, -0.2) is 43.0 Å². The van der Waals surface area contributed by atoms with E-state index < -0.39 is 35.9 Å². The third-order valence-corrected chi connectivity index (χ3v) is 4.25. The Morgan fingerprint density at radius 3 is 2.79 bits per heavy atom. The number of nitrogens with zero attached hydrogens (tertiary/aromatic N) is 2. The zero-order valence-corrected chi connectivity index (χ0v) is 15.5. The van der Waals surface area contributed by atoms with Gasteiger partial charge in [0.15, 0.2) is 5.54 Å². The van der Waals surface area contributed by atoms with Crippen molar-refractivity contribution in [3.8, 4) is 5.75 Å². The molecule has 1 atom stereocenters. The van der Waals surface area contributed by atoms with Crippen LogP contribution in [0.3, 0.4) is 0 Å². The SMILES string of the molecule is CCOc1ccc(C(=O)Nc2ccc(F)c(C3(C(F)F)COCC(N)=N3)c2)nc1. The van der Waals surface area contributed by atoms with Gasteiger partial charge in [0.05, 0.1) is 19.4 Å². The van der Waals surface area contributed by atoms with Gasteiger partial charge in [0, 0.05) is 11.3 Å². The Morgan fingerprint density at radius 2 is 2.17 bits per heavy atom. The summed E-state index contributed by atoms with van der Waals surface area (Å²) in [7, 11) is 0. The second-order valence-corrected chi connectivity index (χ2v) is 6.28. The molecule has 1 aromatic heterocycles. The van der Waals surface area contributed by atoms with Gasteiger partial charge in [-0.1, -0.05) is 0 Å². The van der Waals surface area contributed by atoms with Crippen molar-refractivity contribution in [2.45, 2.75) is 18.9 Å². The van der Waals surface area contributed by atoms with E-state index in [0.717, 1.165) is 12.1 Å². The summed E-state index contributed by atoms with van der Waals surface area (Å²) in [6, 6.07) is 6.34. The molecular weight excluding hydrogens is 389 g/mol. The van der Waals surface area contributed by atoms with Crippen molar-refractivity contribution in [1.29, 1.82) is 0 Å². The van der Waals surface area contributed by atoms with Crippen molar-refractivity contribution in [1.82, 2.24) is 4.98 Å². The van der Waals surface area contributed by atoms with Crippen LogP contribution in [0.2, 0.25) is 0 Å². The fourth-order valence-electron chi connectivity index (χ4n) is 2.90. The van der Waals surface area contributed by atoms with Crippen molar-refractivity contribution in [3.63, 3.8) is 0 Å². The van der Waals surface area contributed by atoms with Crippen molar-refractivity contribution in [2.75, 3.05) is 25.1 Å². The lowest BCUT2D eigenvalue weighted by atomic mass is 9.90. The number of amidine groups is 1. The Morgan fingerprint density at radius 1 is 1.38 bits per heavy atom. The molecule has 0 aliphatic carbocycles. The number of halogens is 3. The van der Waals surface area contributed by atoms with E-state index in [9.17, 15) is 18.0 Å². The van der Waals surface area contributed by atoms with Crippen molar-refractivity contribution < 1.29 is 27.4 Å². The number of alkyl halides is 2. The number of hydrogen-bond donors (Lipinski definition) is 2. The molecule has 0 spiro atoms. The number of ether oxygens (including phenoxy) is 2. The standard InChI is InChI=1S/C19H19F3N4O3/c1-2-29-12-4-6-15(24-8-12)17(27)25-11-3-5-14(20)13(7-11)19(18(21)22)10-28-9-16(23)26-19/h3-8,18H,2,9-10H2,1H3,(H2,23,26)(H,25,27). The lowest BCUT2D eigenvalue weighted by Crippen LogP contribution is -2.45. The highest BCUT2D eigenvalue weighted by molar-refractivity contribution is 6.02. The maximum Gasteiger partial charge on any atom is 0.274 e. The molecule has 2 aromatic rings. The first-order valence-corrected chi connectivity index (χ1v) is 8.76. The number of aliphatic imine (C=N–C) groups is 1. The van der Waals surface area contributed by atoms with Gasteiger partial charge in [0.2, 0.25) is 0 Å². The molecule has 3 rings (SSSR count). The first-order chi connectivity index (χ1) is 13.9. The molecule has 7 nitrogen and oxygen atoms in total. The Hall–Kier alpha value is -3.14. The maximum atomic E-state index is 14.4. The van der Waals surface area contributed by atoms with Gasteiger partial charge in [0.25, 0.3) is 12.3 Å². The lowest BCUT2D eigenvalue weighted by Gasteiger charge is -2.33. The molecule has 10 heteroatoms. The average Bonchev–Trinajstić information content (AvgIpc) is 2.70. The van der Waals surface area contributed by atoms with Gasteiger partial charge < -0.3 is 20.5 Å². The number of amides is 1. The summed E-state index contributed by atoms with van der Waals surface area (Å²) >= 11 is 0. The molecule has 0 bridgehead atoms. The van der Waals surface area contributed by atoms with Crippen molar-refractivity contribution in [3.05, 3.63) is 53.6 Å². The van der Waals surface area contributed by atoms with Crippen LogP contribution in [0.1, 0.15) is 23.0 Å². The van der Waals surface area contributed by atoms with E-state index in [0.29, 0.717) is 12.4 Å². The van der Waals surface area contributed by atoms with Gasteiger partial charge >= 0.3 is 0 Å². The molecular formula is C19H19F3N4O3. The summed E-state index contributed by atoms with van der Waals surface area (Å²) in [5, 5.41) is 2.51. The number of anilines is 1. The Labute approximate surface area is 164 Å². The molecule has 154 valence electrons. The summed E-state index contributed by atoms with van der Waals surface area (Å²) in [6.45, 7) is 1.61. The van der Waals surface area contributed by atoms with E-state index in [1.807, 2.05) is 6.92 Å². The smallest absolute Gasteiger partial charge is 0.274 e. The predicted molar refractivity (Wildman–Crippen MR) is 99.9 cm³/mol. The van der Waals surface area contributed by atoms with E-state index in [4.69, 9.17) is 15.2 Å². The van der Waals surface area contributed by atoms with Gasteiger partial charge in [-0.2, -0.15) is 0 Å². The highest BCUT2D eigenvalue weighted by atomic mass is 19.3. The molecule has 0 saturated heterocycles. The van der Waals surface area contributed by atoms with E-state index in [-0.39, 0.29) is 23.8 Å². The molecule has 1 amide bonds. The first-order valence-electron chi connectivity index (χ1n) is 8.76. The number of rotatable bonds is 6. The summed E-state index contributed by atoms with van der Waals surface area (Å²) < 4.78 is 52.5. The van der Waals surface area contributed by atoms with Crippen LogP contribution < -0.4 is 15.8 Å². The van der Waals surface area contributed by atoms with Gasteiger partial charge in [0.1, 0.15) is 29.7 Å². The predicted octanol–water partition coefficient (Wildman–Crippen LogP) is 2.72. The van der Waals surface area contributed by atoms with Crippen LogP contribution >= 0.6 is 0 Å². The fraction of sp³-hybridized carbons (Fsp3) is 0.316. The lowest BCUT2D eigenvalue weighted by molar-refractivity contribution is -0.0145. The Kier molecular flexibility index (Phi) is 6.02. The number of aromatic nitrogens is 1. The largest absolute Gasteiger partial charge is 0.492 e. The molecule has 2 heterocycles. The van der Waals surface area contributed by atoms with Crippen LogP contribution in [0.5, 0.6) is 5.75 Å². The molecule has 3 N–H and O–H groups in total. The fourth-order valence-corrected chi connectivity index (χ4v) is 2.90. The summed E-state index contributed by atoms with van der Waals surface area (Å²) in [5.41, 5.74) is 3.01. The van der Waals surface area contributed by atoms with Crippen LogP contribution in [0.15, 0.2) is 41.5 Å². The zero-order valence-electron chi connectivity index (χ0n) is 15.5. The van der Waals surface area contributed by atoms with E-state index in [1.165, 1.54) is 18.3 Å². The Balaban J connectivity index is 1.89. The number of nitrogens with one attached hydrogen (secondary N) is 1. The number of carbonyl (C=O) groups is 1. The molecule has 0 radical (unpaired) electrons. The number of benzene rings is 1. The van der Waals surface area contributed by atoms with E-state index >= 15 is 0 Å². The third kappa shape index (κ3) is 4.32. The van der Waals surface area contributed by atoms with Gasteiger partial charge in [-0.15, -0.1) is 0 Å².